The molecule has 1 aliphatic rings. The minimum absolute atomic E-state index is 0.339. The Labute approximate surface area is 128 Å². The van der Waals surface area contributed by atoms with Crippen LogP contribution in [-0.2, 0) is 0 Å². The number of ether oxygens (including phenoxy) is 1. The predicted molar refractivity (Wildman–Crippen MR) is 85.7 cm³/mol. The Balaban J connectivity index is 1.54. The lowest BCUT2D eigenvalue weighted by molar-refractivity contribution is 0.103. The van der Waals surface area contributed by atoms with Crippen LogP contribution in [0.3, 0.4) is 0 Å². The van der Waals surface area contributed by atoms with Crippen molar-refractivity contribution >= 4 is 0 Å². The normalized spacial score (nSPS) is 18.6. The lowest BCUT2D eigenvalue weighted by atomic mass is 9.97. The zero-order chi connectivity index (χ0) is 14.9. The van der Waals surface area contributed by atoms with Gasteiger partial charge in [0.25, 0.3) is 0 Å². The van der Waals surface area contributed by atoms with Crippen molar-refractivity contribution in [1.82, 2.24) is 10.2 Å². The summed E-state index contributed by atoms with van der Waals surface area (Å²) in [6, 6.07) is 9.63. The molecule has 1 fully saturated rings. The molecule has 0 aromatic heterocycles. The number of hydrogen-bond acceptors (Lipinski definition) is 4. The Bertz CT molecular complexity index is 378. The van der Waals surface area contributed by atoms with Crippen molar-refractivity contribution in [3.8, 4) is 5.75 Å². The Hall–Kier alpha value is -1.10. The van der Waals surface area contributed by atoms with E-state index in [9.17, 15) is 5.11 Å². The molecule has 4 heteroatoms. The number of hydrogen-bond donors (Lipinski definition) is 2. The van der Waals surface area contributed by atoms with E-state index in [0.29, 0.717) is 13.2 Å². The maximum atomic E-state index is 9.92. The molecule has 21 heavy (non-hydrogen) atoms. The van der Waals surface area contributed by atoms with Gasteiger partial charge in [-0.1, -0.05) is 25.1 Å². The number of likely N-dealkylation sites (tertiary alicyclic amines) is 1. The quantitative estimate of drug-likeness (QED) is 0.766. The highest BCUT2D eigenvalue weighted by molar-refractivity contribution is 5.20. The van der Waals surface area contributed by atoms with Gasteiger partial charge in [0.2, 0.25) is 0 Å². The molecule has 0 radical (unpaired) electrons. The molecule has 1 aliphatic heterocycles. The van der Waals surface area contributed by atoms with Gasteiger partial charge in [-0.3, -0.25) is 0 Å². The molecule has 118 valence electrons. The van der Waals surface area contributed by atoms with E-state index in [4.69, 9.17) is 4.74 Å². The van der Waals surface area contributed by atoms with Gasteiger partial charge >= 0.3 is 0 Å². The van der Waals surface area contributed by atoms with Crippen LogP contribution in [0.1, 0.15) is 19.8 Å². The highest BCUT2D eigenvalue weighted by Gasteiger charge is 2.17. The molecule has 1 aromatic rings. The molecule has 4 nitrogen and oxygen atoms in total. The van der Waals surface area contributed by atoms with Crippen molar-refractivity contribution in [2.75, 3.05) is 39.3 Å². The maximum Gasteiger partial charge on any atom is 0.119 e. The molecule has 0 saturated carbocycles. The fraction of sp³-hybridized carbons (Fsp3) is 0.647. The molecule has 1 saturated heterocycles. The summed E-state index contributed by atoms with van der Waals surface area (Å²) in [6.45, 7) is 7.74. The molecular formula is C17H28N2O2. The molecule has 1 aromatic carbocycles. The van der Waals surface area contributed by atoms with Crippen LogP contribution in [0.15, 0.2) is 30.3 Å². The molecule has 1 heterocycles. The van der Waals surface area contributed by atoms with E-state index in [2.05, 4.69) is 17.1 Å². The van der Waals surface area contributed by atoms with Gasteiger partial charge in [-0.2, -0.15) is 0 Å². The monoisotopic (exact) mass is 292 g/mol. The average molecular weight is 292 g/mol. The molecule has 0 aliphatic carbocycles. The number of nitrogens with zero attached hydrogens (tertiary/aromatic N) is 1. The third-order valence-corrected chi connectivity index (χ3v) is 4.15. The number of piperidine rings is 1. The number of aliphatic hydroxyl groups excluding tert-OH is 1. The van der Waals surface area contributed by atoms with Crippen LogP contribution in [0, 0.1) is 5.92 Å². The number of para-hydroxylation sites is 1. The summed E-state index contributed by atoms with van der Waals surface area (Å²) in [5, 5.41) is 13.3. The number of nitrogens with one attached hydrogen (secondary N) is 1. The minimum atomic E-state index is -0.457. The minimum Gasteiger partial charge on any atom is -0.491 e. The average Bonchev–Trinajstić information content (AvgIpc) is 2.54. The Kier molecular flexibility index (Phi) is 7.00. The highest BCUT2D eigenvalue weighted by Crippen LogP contribution is 2.15. The van der Waals surface area contributed by atoms with Crippen LogP contribution in [0.4, 0.5) is 0 Å². The number of benzene rings is 1. The van der Waals surface area contributed by atoms with Crippen molar-refractivity contribution in [2.24, 2.45) is 5.92 Å². The fourth-order valence-electron chi connectivity index (χ4n) is 2.73. The van der Waals surface area contributed by atoms with Crippen molar-refractivity contribution < 1.29 is 9.84 Å². The molecule has 1 atom stereocenters. The van der Waals surface area contributed by atoms with E-state index in [1.807, 2.05) is 30.3 Å². The zero-order valence-corrected chi connectivity index (χ0v) is 13.0. The van der Waals surface area contributed by atoms with Crippen LogP contribution in [-0.4, -0.2) is 55.4 Å². The molecule has 0 spiro atoms. The van der Waals surface area contributed by atoms with Crippen molar-refractivity contribution in [1.29, 1.82) is 0 Å². The SMILES string of the molecule is CCN1CCC(CNCC(O)COc2ccccc2)CC1. The highest BCUT2D eigenvalue weighted by atomic mass is 16.5. The van der Waals surface area contributed by atoms with Crippen LogP contribution < -0.4 is 10.1 Å². The lowest BCUT2D eigenvalue weighted by Gasteiger charge is -2.31. The third kappa shape index (κ3) is 6.04. The first-order valence-corrected chi connectivity index (χ1v) is 8.07. The van der Waals surface area contributed by atoms with Gasteiger partial charge in [0.15, 0.2) is 0 Å². The van der Waals surface area contributed by atoms with Gasteiger partial charge in [0.1, 0.15) is 18.5 Å². The van der Waals surface area contributed by atoms with Gasteiger partial charge in [0, 0.05) is 6.54 Å². The van der Waals surface area contributed by atoms with E-state index in [1.54, 1.807) is 0 Å². The standard InChI is InChI=1S/C17H28N2O2/c1-2-19-10-8-15(9-11-19)12-18-13-16(20)14-21-17-6-4-3-5-7-17/h3-7,15-16,18,20H,2,8-14H2,1H3. The summed E-state index contributed by atoms with van der Waals surface area (Å²) >= 11 is 0. The summed E-state index contributed by atoms with van der Waals surface area (Å²) in [6.07, 6.45) is 2.07. The van der Waals surface area contributed by atoms with Gasteiger partial charge in [-0.15, -0.1) is 0 Å². The topological polar surface area (TPSA) is 44.7 Å². The van der Waals surface area contributed by atoms with Gasteiger partial charge in [0.05, 0.1) is 0 Å². The smallest absolute Gasteiger partial charge is 0.119 e. The molecule has 2 N–H and O–H groups in total. The second-order valence-electron chi connectivity index (χ2n) is 5.81. The zero-order valence-electron chi connectivity index (χ0n) is 13.0. The predicted octanol–water partition coefficient (Wildman–Crippen LogP) is 1.75. The number of rotatable bonds is 8. The molecule has 0 bridgehead atoms. The first kappa shape index (κ1) is 16.3. The summed E-state index contributed by atoms with van der Waals surface area (Å²) in [5.41, 5.74) is 0. The first-order valence-electron chi connectivity index (χ1n) is 8.07. The van der Waals surface area contributed by atoms with Gasteiger partial charge in [-0.25, -0.2) is 0 Å². The maximum absolute atomic E-state index is 9.92. The van der Waals surface area contributed by atoms with Crippen molar-refractivity contribution in [3.05, 3.63) is 30.3 Å². The van der Waals surface area contributed by atoms with Crippen LogP contribution in [0.25, 0.3) is 0 Å². The second-order valence-corrected chi connectivity index (χ2v) is 5.81. The van der Waals surface area contributed by atoms with E-state index in [1.165, 1.54) is 25.9 Å². The van der Waals surface area contributed by atoms with Gasteiger partial charge in [-0.05, 0) is 57.1 Å². The van der Waals surface area contributed by atoms with Crippen LogP contribution in [0.2, 0.25) is 0 Å². The second kappa shape index (κ2) is 9.03. The Morgan fingerprint density at radius 3 is 2.67 bits per heavy atom. The number of aliphatic hydroxyl groups is 1. The van der Waals surface area contributed by atoms with Crippen molar-refractivity contribution in [2.45, 2.75) is 25.9 Å². The van der Waals surface area contributed by atoms with Crippen molar-refractivity contribution in [3.63, 3.8) is 0 Å². The molecule has 0 amide bonds. The van der Waals surface area contributed by atoms with E-state index >= 15 is 0 Å². The van der Waals surface area contributed by atoms with E-state index in [-0.39, 0.29) is 0 Å². The third-order valence-electron chi connectivity index (χ3n) is 4.15. The molecule has 2 rings (SSSR count). The molecular weight excluding hydrogens is 264 g/mol. The van der Waals surface area contributed by atoms with Gasteiger partial charge < -0.3 is 20.1 Å². The lowest BCUT2D eigenvalue weighted by Crippen LogP contribution is -2.39. The largest absolute Gasteiger partial charge is 0.491 e. The first-order chi connectivity index (χ1) is 10.3. The van der Waals surface area contributed by atoms with Crippen LogP contribution in [0.5, 0.6) is 5.75 Å². The summed E-state index contributed by atoms with van der Waals surface area (Å²) in [5.74, 6) is 1.55. The Morgan fingerprint density at radius 2 is 2.00 bits per heavy atom. The van der Waals surface area contributed by atoms with Crippen LogP contribution >= 0.6 is 0 Å². The summed E-state index contributed by atoms with van der Waals surface area (Å²) in [7, 11) is 0. The summed E-state index contributed by atoms with van der Waals surface area (Å²) < 4.78 is 5.54. The fourth-order valence-corrected chi connectivity index (χ4v) is 2.73. The van der Waals surface area contributed by atoms with E-state index in [0.717, 1.165) is 24.8 Å². The Morgan fingerprint density at radius 1 is 1.29 bits per heavy atom. The van der Waals surface area contributed by atoms with E-state index < -0.39 is 6.10 Å². The summed E-state index contributed by atoms with van der Waals surface area (Å²) in [4.78, 5) is 2.50. The molecule has 1 unspecified atom stereocenters.